The molecule has 1 atom stereocenters. The molecule has 0 fully saturated rings. The predicted molar refractivity (Wildman–Crippen MR) is 141 cm³/mol. The van der Waals surface area contributed by atoms with Crippen LogP contribution in [0.5, 0.6) is 5.75 Å². The van der Waals surface area contributed by atoms with Crippen LogP contribution in [0.25, 0.3) is 5.57 Å². The smallest absolute Gasteiger partial charge is 0.258 e. The Balaban J connectivity index is 1.66. The Labute approximate surface area is 209 Å². The normalized spacial score (nSPS) is 18.6. The molecule has 0 aromatic heterocycles. The van der Waals surface area contributed by atoms with E-state index >= 15 is 0 Å². The highest BCUT2D eigenvalue weighted by molar-refractivity contribution is 6.27. The van der Waals surface area contributed by atoms with Gasteiger partial charge in [-0.2, -0.15) is 0 Å². The number of rotatable bonds is 4. The van der Waals surface area contributed by atoms with Crippen LogP contribution in [0, 0.1) is 0 Å². The van der Waals surface area contributed by atoms with Gasteiger partial charge in [0.25, 0.3) is 11.8 Å². The first-order valence-electron chi connectivity index (χ1n) is 11.8. The molecule has 174 valence electrons. The Morgan fingerprint density at radius 3 is 2.03 bits per heavy atom. The summed E-state index contributed by atoms with van der Waals surface area (Å²) in [6, 6.07) is 34.8. The number of nitrogens with zero attached hydrogens (tertiary/aromatic N) is 1. The van der Waals surface area contributed by atoms with Crippen LogP contribution in [0.4, 0.5) is 5.69 Å². The molecular formula is C32H23NO3. The molecule has 0 saturated carbocycles. The van der Waals surface area contributed by atoms with E-state index in [1.807, 2.05) is 72.8 Å². The molecule has 6 rings (SSSR count). The average Bonchev–Trinajstić information content (AvgIpc) is 2.94. The minimum Gasteiger partial charge on any atom is -0.497 e. The molecule has 0 radical (unpaired) electrons. The first kappa shape index (κ1) is 21.8. The van der Waals surface area contributed by atoms with E-state index in [1.165, 1.54) is 4.90 Å². The van der Waals surface area contributed by atoms with Crippen molar-refractivity contribution in [3.05, 3.63) is 149 Å². The van der Waals surface area contributed by atoms with Crippen molar-refractivity contribution >= 4 is 23.1 Å². The fourth-order valence-electron chi connectivity index (χ4n) is 5.36. The number of imide groups is 1. The summed E-state index contributed by atoms with van der Waals surface area (Å²) in [5, 5.41) is 0. The summed E-state index contributed by atoms with van der Waals surface area (Å²) in [7, 11) is 1.58. The molecule has 0 spiro atoms. The van der Waals surface area contributed by atoms with E-state index in [4.69, 9.17) is 4.74 Å². The predicted octanol–water partition coefficient (Wildman–Crippen LogP) is 5.93. The first-order chi connectivity index (χ1) is 17.6. The molecule has 0 N–H and O–H groups in total. The molecule has 4 aromatic rings. The van der Waals surface area contributed by atoms with Crippen molar-refractivity contribution in [1.82, 2.24) is 0 Å². The third-order valence-corrected chi connectivity index (χ3v) is 7.00. The van der Waals surface area contributed by atoms with Crippen molar-refractivity contribution in [2.45, 2.75) is 5.41 Å². The highest BCUT2D eigenvalue weighted by atomic mass is 16.5. The lowest BCUT2D eigenvalue weighted by Crippen LogP contribution is -2.55. The van der Waals surface area contributed by atoms with E-state index < -0.39 is 5.41 Å². The monoisotopic (exact) mass is 469 g/mol. The lowest BCUT2D eigenvalue weighted by Gasteiger charge is -2.44. The number of hydrogen-bond acceptors (Lipinski definition) is 3. The maximum atomic E-state index is 14.7. The van der Waals surface area contributed by atoms with Gasteiger partial charge in [0.1, 0.15) is 11.2 Å². The molecule has 0 bridgehead atoms. The minimum absolute atomic E-state index is 0.294. The van der Waals surface area contributed by atoms with Crippen molar-refractivity contribution in [2.75, 3.05) is 12.0 Å². The zero-order chi connectivity index (χ0) is 24.7. The molecule has 0 saturated heterocycles. The number of hydrogen-bond donors (Lipinski definition) is 0. The van der Waals surface area contributed by atoms with Crippen LogP contribution in [-0.2, 0) is 15.0 Å². The number of anilines is 1. The Hall–Kier alpha value is -4.70. The second-order valence-corrected chi connectivity index (χ2v) is 8.86. The van der Waals surface area contributed by atoms with Crippen molar-refractivity contribution < 1.29 is 14.3 Å². The Morgan fingerprint density at radius 1 is 0.694 bits per heavy atom. The third kappa shape index (κ3) is 3.15. The van der Waals surface area contributed by atoms with E-state index in [9.17, 15) is 9.59 Å². The van der Waals surface area contributed by atoms with Gasteiger partial charge in [-0.3, -0.25) is 9.59 Å². The molecule has 4 nitrogen and oxygen atoms in total. The first-order valence-corrected chi connectivity index (χ1v) is 11.8. The summed E-state index contributed by atoms with van der Waals surface area (Å²) in [6.45, 7) is 0. The molecule has 4 aromatic carbocycles. The Kier molecular flexibility index (Phi) is 5.15. The standard InChI is InChI=1S/C32H23NO3/c1-36-26-18-16-25(17-19-26)33-30(34)21-24-20-28(22-10-4-2-5-11-22)27-14-8-9-15-29(27)32(24,31(33)35)23-12-6-3-7-13-23/h2-21H,1H3. The number of carbonyl (C=O) groups is 2. The number of fused-ring (bicyclic) bond motifs is 3. The van der Waals surface area contributed by atoms with Crippen LogP contribution in [0.3, 0.4) is 0 Å². The fraction of sp³-hybridized carbons (Fsp3) is 0.0625. The highest BCUT2D eigenvalue weighted by Gasteiger charge is 2.54. The number of ether oxygens (including phenoxy) is 1. The second kappa shape index (κ2) is 8.51. The van der Waals surface area contributed by atoms with Crippen LogP contribution < -0.4 is 9.64 Å². The number of methoxy groups -OCH3 is 1. The summed E-state index contributed by atoms with van der Waals surface area (Å²) in [4.78, 5) is 29.5. The average molecular weight is 470 g/mol. The lowest BCUT2D eigenvalue weighted by atomic mass is 9.61. The maximum Gasteiger partial charge on any atom is 0.258 e. The minimum atomic E-state index is -1.16. The maximum absolute atomic E-state index is 14.7. The largest absolute Gasteiger partial charge is 0.497 e. The quantitative estimate of drug-likeness (QED) is 0.348. The van der Waals surface area contributed by atoms with E-state index in [1.54, 1.807) is 37.5 Å². The van der Waals surface area contributed by atoms with Gasteiger partial charge in [0, 0.05) is 6.08 Å². The number of amides is 2. The molecular weight excluding hydrogens is 446 g/mol. The summed E-state index contributed by atoms with van der Waals surface area (Å²) < 4.78 is 5.28. The van der Waals surface area contributed by atoms with Gasteiger partial charge in [-0.25, -0.2) is 4.90 Å². The van der Waals surface area contributed by atoms with Crippen molar-refractivity contribution in [3.8, 4) is 5.75 Å². The molecule has 36 heavy (non-hydrogen) atoms. The van der Waals surface area contributed by atoms with Gasteiger partial charge in [-0.05, 0) is 63.7 Å². The molecule has 1 heterocycles. The zero-order valence-electron chi connectivity index (χ0n) is 19.7. The Morgan fingerprint density at radius 2 is 1.33 bits per heavy atom. The third-order valence-electron chi connectivity index (χ3n) is 7.00. The van der Waals surface area contributed by atoms with Gasteiger partial charge in [-0.1, -0.05) is 84.9 Å². The van der Waals surface area contributed by atoms with Crippen molar-refractivity contribution in [3.63, 3.8) is 0 Å². The van der Waals surface area contributed by atoms with Gasteiger partial charge >= 0.3 is 0 Å². The van der Waals surface area contributed by atoms with Crippen LogP contribution in [0.2, 0.25) is 0 Å². The van der Waals surface area contributed by atoms with Crippen LogP contribution >= 0.6 is 0 Å². The lowest BCUT2D eigenvalue weighted by molar-refractivity contribution is -0.127. The van der Waals surface area contributed by atoms with Crippen molar-refractivity contribution in [1.29, 1.82) is 0 Å². The number of carbonyl (C=O) groups excluding carboxylic acids is 2. The molecule has 2 aliphatic rings. The van der Waals surface area contributed by atoms with Crippen LogP contribution in [0.1, 0.15) is 22.3 Å². The Bertz CT molecular complexity index is 1540. The molecule has 1 aliphatic heterocycles. The fourth-order valence-corrected chi connectivity index (χ4v) is 5.36. The summed E-state index contributed by atoms with van der Waals surface area (Å²) in [6.07, 6.45) is 3.61. The van der Waals surface area contributed by atoms with E-state index in [2.05, 4.69) is 18.2 Å². The zero-order valence-corrected chi connectivity index (χ0v) is 19.7. The summed E-state index contributed by atoms with van der Waals surface area (Å²) >= 11 is 0. The molecule has 4 heteroatoms. The van der Waals surface area contributed by atoms with E-state index in [0.717, 1.165) is 27.8 Å². The SMILES string of the molecule is COc1ccc(N2C(=O)C=C3C=C(c4ccccc4)c4ccccc4C3(c3ccccc3)C2=O)cc1. The van der Waals surface area contributed by atoms with Crippen LogP contribution in [0.15, 0.2) is 127 Å². The van der Waals surface area contributed by atoms with Gasteiger partial charge in [0.2, 0.25) is 0 Å². The summed E-state index contributed by atoms with van der Waals surface area (Å²) in [5.41, 5.74) is 4.69. The van der Waals surface area contributed by atoms with E-state index in [0.29, 0.717) is 17.0 Å². The number of benzene rings is 4. The van der Waals surface area contributed by atoms with Crippen molar-refractivity contribution in [2.24, 2.45) is 0 Å². The summed E-state index contributed by atoms with van der Waals surface area (Å²) in [5.74, 6) is -0.00458. The van der Waals surface area contributed by atoms with Gasteiger partial charge < -0.3 is 4.74 Å². The van der Waals surface area contributed by atoms with Gasteiger partial charge in [0.15, 0.2) is 0 Å². The number of allylic oxidation sites excluding steroid dienone is 1. The topological polar surface area (TPSA) is 46.6 Å². The molecule has 2 amide bonds. The molecule has 1 unspecified atom stereocenters. The second-order valence-electron chi connectivity index (χ2n) is 8.86. The highest BCUT2D eigenvalue weighted by Crippen LogP contribution is 2.51. The van der Waals surface area contributed by atoms with E-state index in [-0.39, 0.29) is 11.8 Å². The van der Waals surface area contributed by atoms with Gasteiger partial charge in [-0.15, -0.1) is 0 Å². The van der Waals surface area contributed by atoms with Gasteiger partial charge in [0.05, 0.1) is 12.8 Å². The molecule has 1 aliphatic carbocycles. The van der Waals surface area contributed by atoms with Crippen LogP contribution in [-0.4, -0.2) is 18.9 Å².